The second-order valence-electron chi connectivity index (χ2n) is 15.0. The number of benzene rings is 7. The first-order valence-electron chi connectivity index (χ1n) is 17.3. The molecule has 0 saturated carbocycles. The van der Waals surface area contributed by atoms with E-state index in [2.05, 4.69) is 173 Å². The fourth-order valence-corrected chi connectivity index (χ4v) is 8.04. The van der Waals surface area contributed by atoms with Crippen molar-refractivity contribution in [3.63, 3.8) is 0 Å². The Kier molecular flexibility index (Phi) is 6.45. The zero-order chi connectivity index (χ0) is 33.5. The van der Waals surface area contributed by atoms with Gasteiger partial charge < -0.3 is 9.32 Å². The van der Waals surface area contributed by atoms with E-state index in [1.165, 1.54) is 49.7 Å². The monoisotopic (exact) mass is 633 g/mol. The molecule has 0 N–H and O–H groups in total. The van der Waals surface area contributed by atoms with Crippen molar-refractivity contribution in [2.45, 2.75) is 45.4 Å². The summed E-state index contributed by atoms with van der Waals surface area (Å²) in [6, 6.07) is 53.2. The molecule has 8 aromatic rings. The van der Waals surface area contributed by atoms with Gasteiger partial charge in [0, 0.05) is 32.8 Å². The smallest absolute Gasteiger partial charge is 0.135 e. The lowest BCUT2D eigenvalue weighted by Gasteiger charge is -2.29. The van der Waals surface area contributed by atoms with E-state index in [9.17, 15) is 0 Å². The maximum absolute atomic E-state index is 6.28. The lowest BCUT2D eigenvalue weighted by atomic mass is 9.79. The molecule has 1 aromatic heterocycles. The van der Waals surface area contributed by atoms with E-state index < -0.39 is 0 Å². The van der Waals surface area contributed by atoms with Gasteiger partial charge in [-0.1, -0.05) is 144 Å². The second kappa shape index (κ2) is 10.7. The van der Waals surface area contributed by atoms with Crippen LogP contribution in [0.3, 0.4) is 0 Å². The molecule has 0 aliphatic heterocycles. The van der Waals surface area contributed by atoms with E-state index in [0.717, 1.165) is 39.0 Å². The minimum atomic E-state index is -0.112. The average Bonchev–Trinajstić information content (AvgIpc) is 3.60. The maximum Gasteiger partial charge on any atom is 0.135 e. The number of nitrogens with zero attached hydrogens (tertiary/aromatic N) is 1. The minimum Gasteiger partial charge on any atom is -0.456 e. The molecule has 9 rings (SSSR count). The molecule has 2 nitrogen and oxygen atoms in total. The summed E-state index contributed by atoms with van der Waals surface area (Å²) < 4.78 is 6.28. The summed E-state index contributed by atoms with van der Waals surface area (Å²) in [5.74, 6) is 0. The molecule has 0 fully saturated rings. The topological polar surface area (TPSA) is 16.4 Å². The van der Waals surface area contributed by atoms with Gasteiger partial charge >= 0.3 is 0 Å². The third kappa shape index (κ3) is 4.54. The number of hydrogen-bond acceptors (Lipinski definition) is 2. The van der Waals surface area contributed by atoms with Crippen molar-refractivity contribution in [1.29, 1.82) is 0 Å². The molecule has 0 radical (unpaired) electrons. The Hall–Kier alpha value is -5.60. The van der Waals surface area contributed by atoms with Gasteiger partial charge in [0.2, 0.25) is 0 Å². The van der Waals surface area contributed by atoms with Gasteiger partial charge in [-0.3, -0.25) is 0 Å². The highest BCUT2D eigenvalue weighted by atomic mass is 16.3. The lowest BCUT2D eigenvalue weighted by Crippen LogP contribution is -2.17. The Bertz CT molecular complexity index is 2570. The number of para-hydroxylation sites is 2. The highest BCUT2D eigenvalue weighted by molar-refractivity contribution is 6.08. The normalized spacial score (nSPS) is 13.6. The third-order valence-electron chi connectivity index (χ3n) is 10.6. The van der Waals surface area contributed by atoms with E-state index in [1.54, 1.807) is 0 Å². The van der Waals surface area contributed by atoms with Gasteiger partial charge in [0.25, 0.3) is 0 Å². The van der Waals surface area contributed by atoms with Crippen molar-refractivity contribution in [2.75, 3.05) is 4.90 Å². The first-order valence-corrected chi connectivity index (χ1v) is 17.3. The minimum absolute atomic E-state index is 0.0791. The quantitative estimate of drug-likeness (QED) is 0.192. The molecule has 0 saturated heterocycles. The SMILES string of the molecule is CC(C)(C)c1ccc2c(c1)C(C)(C)c1cccc(-c3ccccc3N(c3ccc4oc5ccccc5c4c3)c3cccc4ccccc34)c1-2. The maximum atomic E-state index is 6.28. The van der Waals surface area contributed by atoms with Gasteiger partial charge in [-0.2, -0.15) is 0 Å². The fourth-order valence-electron chi connectivity index (χ4n) is 8.04. The van der Waals surface area contributed by atoms with Crippen LogP contribution in [0.25, 0.3) is 55.0 Å². The van der Waals surface area contributed by atoms with Crippen LogP contribution in [0.2, 0.25) is 0 Å². The van der Waals surface area contributed by atoms with Crippen molar-refractivity contribution in [3.05, 3.63) is 162 Å². The van der Waals surface area contributed by atoms with Gasteiger partial charge in [0.15, 0.2) is 0 Å². The highest BCUT2D eigenvalue weighted by Crippen LogP contribution is 2.54. The Balaban J connectivity index is 1.32. The Labute approximate surface area is 288 Å². The summed E-state index contributed by atoms with van der Waals surface area (Å²) in [7, 11) is 0. The molecule has 49 heavy (non-hydrogen) atoms. The zero-order valence-electron chi connectivity index (χ0n) is 28.7. The molecule has 0 amide bonds. The van der Waals surface area contributed by atoms with Crippen LogP contribution in [0.4, 0.5) is 17.1 Å². The molecular formula is C47H39NO. The summed E-state index contributed by atoms with van der Waals surface area (Å²) >= 11 is 0. The van der Waals surface area contributed by atoms with E-state index in [0.29, 0.717) is 0 Å². The largest absolute Gasteiger partial charge is 0.456 e. The van der Waals surface area contributed by atoms with Crippen molar-refractivity contribution >= 4 is 49.8 Å². The van der Waals surface area contributed by atoms with Gasteiger partial charge in [-0.25, -0.2) is 0 Å². The van der Waals surface area contributed by atoms with Crippen LogP contribution in [-0.2, 0) is 10.8 Å². The Morgan fingerprint density at radius 1 is 0.510 bits per heavy atom. The Morgan fingerprint density at radius 3 is 2.04 bits per heavy atom. The van der Waals surface area contributed by atoms with E-state index >= 15 is 0 Å². The van der Waals surface area contributed by atoms with Crippen LogP contribution in [-0.4, -0.2) is 0 Å². The first kappa shape index (κ1) is 29.5. The van der Waals surface area contributed by atoms with Crippen LogP contribution >= 0.6 is 0 Å². The summed E-state index contributed by atoms with van der Waals surface area (Å²) in [6.07, 6.45) is 0. The predicted molar refractivity (Wildman–Crippen MR) is 208 cm³/mol. The molecule has 1 heterocycles. The van der Waals surface area contributed by atoms with E-state index in [-0.39, 0.29) is 10.8 Å². The molecular weight excluding hydrogens is 595 g/mol. The van der Waals surface area contributed by atoms with Crippen LogP contribution in [0.15, 0.2) is 150 Å². The number of anilines is 3. The molecule has 0 unspecified atom stereocenters. The first-order chi connectivity index (χ1) is 23.7. The summed E-state index contributed by atoms with van der Waals surface area (Å²) in [4.78, 5) is 2.45. The summed E-state index contributed by atoms with van der Waals surface area (Å²) in [5.41, 5.74) is 14.4. The summed E-state index contributed by atoms with van der Waals surface area (Å²) in [6.45, 7) is 11.7. The summed E-state index contributed by atoms with van der Waals surface area (Å²) in [5, 5.41) is 4.65. The fraction of sp³-hybridized carbons (Fsp3) is 0.149. The Morgan fingerprint density at radius 2 is 1.18 bits per heavy atom. The standard InChI is InChI=1S/C47H39NO/c1-46(2,3)31-24-26-37-40(28-31)47(4,5)39-20-13-19-36(45(37)39)34-17-8-10-21-42(34)48(41-22-12-15-30-14-6-7-16-33(30)41)32-25-27-44-38(29-32)35-18-9-11-23-43(35)49-44/h6-29H,1-5H3. The van der Waals surface area contributed by atoms with Crippen molar-refractivity contribution in [2.24, 2.45) is 0 Å². The third-order valence-corrected chi connectivity index (χ3v) is 10.6. The predicted octanol–water partition coefficient (Wildman–Crippen LogP) is 13.5. The molecule has 7 aromatic carbocycles. The molecule has 238 valence electrons. The molecule has 0 atom stereocenters. The lowest BCUT2D eigenvalue weighted by molar-refractivity contribution is 0.584. The van der Waals surface area contributed by atoms with E-state index in [4.69, 9.17) is 4.42 Å². The zero-order valence-corrected chi connectivity index (χ0v) is 28.7. The molecule has 1 aliphatic carbocycles. The number of fused-ring (bicyclic) bond motifs is 7. The van der Waals surface area contributed by atoms with Crippen molar-refractivity contribution in [1.82, 2.24) is 0 Å². The number of rotatable bonds is 4. The van der Waals surface area contributed by atoms with Gasteiger partial charge in [-0.15, -0.1) is 0 Å². The molecule has 0 spiro atoms. The highest BCUT2D eigenvalue weighted by Gasteiger charge is 2.38. The van der Waals surface area contributed by atoms with Crippen LogP contribution in [0.5, 0.6) is 0 Å². The van der Waals surface area contributed by atoms with Crippen molar-refractivity contribution < 1.29 is 4.42 Å². The average molecular weight is 634 g/mol. The molecule has 0 bridgehead atoms. The van der Waals surface area contributed by atoms with Crippen molar-refractivity contribution in [3.8, 4) is 22.3 Å². The molecule has 2 heteroatoms. The molecule has 1 aliphatic rings. The number of hydrogen-bond donors (Lipinski definition) is 0. The number of furan rings is 1. The van der Waals surface area contributed by atoms with Gasteiger partial charge in [0.05, 0.1) is 11.4 Å². The van der Waals surface area contributed by atoms with Gasteiger partial charge in [-0.05, 0) is 80.6 Å². The van der Waals surface area contributed by atoms with E-state index in [1.807, 2.05) is 12.1 Å². The van der Waals surface area contributed by atoms with Gasteiger partial charge in [0.1, 0.15) is 11.2 Å². The van der Waals surface area contributed by atoms with Crippen LogP contribution in [0.1, 0.15) is 51.3 Å². The van der Waals surface area contributed by atoms with Crippen LogP contribution < -0.4 is 4.90 Å². The second-order valence-corrected chi connectivity index (χ2v) is 15.0. The van der Waals surface area contributed by atoms with Crippen LogP contribution in [0, 0.1) is 0 Å².